The van der Waals surface area contributed by atoms with Gasteiger partial charge in [-0.25, -0.2) is 4.79 Å². The maximum Gasteiger partial charge on any atom is 0.332 e. The lowest BCUT2D eigenvalue weighted by Crippen LogP contribution is -2.55. The summed E-state index contributed by atoms with van der Waals surface area (Å²) >= 11 is 0. The van der Waals surface area contributed by atoms with Crippen molar-refractivity contribution in [2.75, 3.05) is 0 Å². The average Bonchev–Trinajstić information content (AvgIpc) is 2.51. The van der Waals surface area contributed by atoms with E-state index in [4.69, 9.17) is 9.16 Å². The van der Waals surface area contributed by atoms with Crippen molar-refractivity contribution in [3.05, 3.63) is 47.7 Å². The average molecular weight is 376 g/mol. The van der Waals surface area contributed by atoms with Gasteiger partial charge in [-0.15, -0.1) is 0 Å². The molecule has 0 radical (unpaired) electrons. The Balaban J connectivity index is 1.98. The van der Waals surface area contributed by atoms with Gasteiger partial charge in [0.15, 0.2) is 8.32 Å². The Kier molecular flexibility index (Phi) is 6.08. The number of hydrogen-bond acceptors (Lipinski definition) is 4. The third kappa shape index (κ3) is 4.83. The predicted octanol–water partition coefficient (Wildman–Crippen LogP) is 3.77. The Labute approximate surface area is 156 Å². The smallest absolute Gasteiger partial charge is 0.332 e. The summed E-state index contributed by atoms with van der Waals surface area (Å²) in [4.78, 5) is 24.1. The van der Waals surface area contributed by atoms with E-state index in [1.165, 1.54) is 6.08 Å². The minimum atomic E-state index is -1.99. The lowest BCUT2D eigenvalue weighted by Gasteiger charge is -2.42. The summed E-state index contributed by atoms with van der Waals surface area (Å²) in [5, 5.41) is 2.74. The number of carbonyl (C=O) groups is 2. The molecule has 1 fully saturated rings. The first kappa shape index (κ1) is 20.4. The molecule has 0 bridgehead atoms. The Hall–Kier alpha value is -1.92. The van der Waals surface area contributed by atoms with Gasteiger partial charge in [-0.2, -0.15) is 0 Å². The monoisotopic (exact) mass is 375 g/mol. The summed E-state index contributed by atoms with van der Waals surface area (Å²) in [6, 6.07) is 9.48. The number of nitrogens with one attached hydrogen (secondary N) is 1. The Morgan fingerprint density at radius 3 is 2.42 bits per heavy atom. The molecule has 1 aliphatic rings. The molecule has 0 spiro atoms. The Morgan fingerprint density at radius 2 is 1.88 bits per heavy atom. The topological polar surface area (TPSA) is 64.6 Å². The van der Waals surface area contributed by atoms with E-state index in [9.17, 15) is 9.59 Å². The largest absolute Gasteiger partial charge is 0.458 e. The minimum absolute atomic E-state index is 0.0555. The third-order valence-corrected chi connectivity index (χ3v) is 9.71. The molecular formula is C20H29NO4Si. The molecule has 0 unspecified atom stereocenters. The summed E-state index contributed by atoms with van der Waals surface area (Å²) < 4.78 is 11.6. The van der Waals surface area contributed by atoms with Crippen LogP contribution in [0.4, 0.5) is 0 Å². The molecule has 0 saturated carbocycles. The van der Waals surface area contributed by atoms with Crippen LogP contribution in [0, 0.1) is 5.92 Å². The van der Waals surface area contributed by atoms with Gasteiger partial charge in [0.2, 0.25) is 5.91 Å². The third-order valence-electron chi connectivity index (χ3n) is 5.14. The van der Waals surface area contributed by atoms with Crippen molar-refractivity contribution < 1.29 is 18.8 Å². The highest BCUT2D eigenvalue weighted by atomic mass is 28.4. The molecule has 0 aromatic heterocycles. The van der Waals surface area contributed by atoms with E-state index in [-0.39, 0.29) is 23.7 Å². The van der Waals surface area contributed by atoms with Crippen molar-refractivity contribution in [3.8, 4) is 0 Å². The SMILES string of the molecule is C[C@@H](O[Si](C)(C)C(C)(C)C)[C@H]1C(=O)N/C1=C\C(=O)OCc1ccccc1. The molecule has 2 atom stereocenters. The molecule has 1 N–H and O–H groups in total. The van der Waals surface area contributed by atoms with Crippen molar-refractivity contribution in [1.82, 2.24) is 5.32 Å². The number of carbonyl (C=O) groups excluding carboxylic acids is 2. The van der Waals surface area contributed by atoms with E-state index < -0.39 is 20.2 Å². The van der Waals surface area contributed by atoms with Gasteiger partial charge in [0.1, 0.15) is 12.5 Å². The summed E-state index contributed by atoms with van der Waals surface area (Å²) in [5.74, 6) is -1.01. The zero-order chi connectivity index (χ0) is 19.5. The molecule has 5 nitrogen and oxygen atoms in total. The van der Waals surface area contributed by atoms with Crippen LogP contribution >= 0.6 is 0 Å². The fourth-order valence-electron chi connectivity index (χ4n) is 2.56. The standard InChI is InChI=1S/C20H29NO4Si/c1-14(25-26(5,6)20(2,3)4)18-16(21-19(18)23)12-17(22)24-13-15-10-8-7-9-11-15/h7-12,14,18H,13H2,1-6H3,(H,21,23)/b16-12-/t14-,18-/m1/s1. The summed E-state index contributed by atoms with van der Waals surface area (Å²) in [6.07, 6.45) is 1.08. The first-order valence-electron chi connectivity index (χ1n) is 8.92. The summed E-state index contributed by atoms with van der Waals surface area (Å²) in [7, 11) is -1.99. The lowest BCUT2D eigenvalue weighted by atomic mass is 9.91. The molecule has 1 heterocycles. The molecule has 142 valence electrons. The van der Waals surface area contributed by atoms with Gasteiger partial charge >= 0.3 is 5.97 Å². The number of rotatable bonds is 6. The van der Waals surface area contributed by atoms with Crippen LogP contribution in [-0.4, -0.2) is 26.3 Å². The second kappa shape index (κ2) is 7.76. The van der Waals surface area contributed by atoms with Crippen molar-refractivity contribution in [1.29, 1.82) is 0 Å². The molecule has 6 heteroatoms. The predicted molar refractivity (Wildman–Crippen MR) is 104 cm³/mol. The molecule has 2 rings (SSSR count). The number of hydrogen-bond donors (Lipinski definition) is 1. The minimum Gasteiger partial charge on any atom is -0.458 e. The number of β-lactam (4-membered cyclic amide) rings is 1. The molecular weight excluding hydrogens is 346 g/mol. The van der Waals surface area contributed by atoms with Crippen molar-refractivity contribution in [2.24, 2.45) is 5.92 Å². The first-order chi connectivity index (χ1) is 12.0. The maximum atomic E-state index is 12.1. The highest BCUT2D eigenvalue weighted by Gasteiger charge is 2.45. The quantitative estimate of drug-likeness (QED) is 0.356. The van der Waals surface area contributed by atoms with Crippen LogP contribution in [0.2, 0.25) is 18.1 Å². The zero-order valence-corrected chi connectivity index (χ0v) is 17.5. The number of ether oxygens (including phenoxy) is 1. The maximum absolute atomic E-state index is 12.1. The van der Waals surface area contributed by atoms with E-state index in [1.54, 1.807) is 0 Å². The second-order valence-corrected chi connectivity index (χ2v) is 13.0. The van der Waals surface area contributed by atoms with Crippen LogP contribution in [-0.2, 0) is 25.4 Å². The zero-order valence-electron chi connectivity index (χ0n) is 16.5. The Morgan fingerprint density at radius 1 is 1.27 bits per heavy atom. The van der Waals surface area contributed by atoms with Crippen LogP contribution in [0.25, 0.3) is 0 Å². The summed E-state index contributed by atoms with van der Waals surface area (Å²) in [6.45, 7) is 12.9. The van der Waals surface area contributed by atoms with Gasteiger partial charge in [0.05, 0.1) is 6.10 Å². The van der Waals surface area contributed by atoms with Gasteiger partial charge in [-0.05, 0) is 30.6 Å². The first-order valence-corrected chi connectivity index (χ1v) is 11.8. The Bertz CT molecular complexity index is 692. The summed E-state index contributed by atoms with van der Waals surface area (Å²) in [5.41, 5.74) is 1.49. The van der Waals surface area contributed by atoms with Gasteiger partial charge in [0.25, 0.3) is 0 Å². The number of benzene rings is 1. The molecule has 1 aromatic carbocycles. The molecule has 1 aromatic rings. The number of amides is 1. The fourth-order valence-corrected chi connectivity index (χ4v) is 3.98. The molecule has 0 aliphatic carbocycles. The van der Waals surface area contributed by atoms with Gasteiger partial charge in [-0.3, -0.25) is 4.79 Å². The van der Waals surface area contributed by atoms with E-state index >= 15 is 0 Å². The van der Waals surface area contributed by atoms with E-state index in [0.717, 1.165) is 5.56 Å². The van der Waals surface area contributed by atoms with E-state index in [1.807, 2.05) is 37.3 Å². The van der Waals surface area contributed by atoms with Crippen LogP contribution < -0.4 is 5.32 Å². The normalized spacial score (nSPS) is 20.3. The number of esters is 1. The van der Waals surface area contributed by atoms with Crippen molar-refractivity contribution >= 4 is 20.2 Å². The van der Waals surface area contributed by atoms with Gasteiger partial charge < -0.3 is 14.5 Å². The molecule has 1 saturated heterocycles. The van der Waals surface area contributed by atoms with E-state index in [0.29, 0.717) is 5.70 Å². The van der Waals surface area contributed by atoms with Crippen molar-refractivity contribution in [2.45, 2.75) is 58.5 Å². The van der Waals surface area contributed by atoms with Crippen LogP contribution in [0.5, 0.6) is 0 Å². The molecule has 1 aliphatic heterocycles. The molecule has 26 heavy (non-hydrogen) atoms. The van der Waals surface area contributed by atoms with Crippen molar-refractivity contribution in [3.63, 3.8) is 0 Å². The molecule has 1 amide bonds. The van der Waals surface area contributed by atoms with Crippen LogP contribution in [0.3, 0.4) is 0 Å². The van der Waals surface area contributed by atoms with Crippen LogP contribution in [0.15, 0.2) is 42.1 Å². The second-order valence-electron chi connectivity index (χ2n) is 8.24. The highest BCUT2D eigenvalue weighted by Crippen LogP contribution is 2.39. The van der Waals surface area contributed by atoms with E-state index in [2.05, 4.69) is 39.2 Å². The van der Waals surface area contributed by atoms with Crippen LogP contribution in [0.1, 0.15) is 33.3 Å². The fraction of sp³-hybridized carbons (Fsp3) is 0.500. The van der Waals surface area contributed by atoms with Gasteiger partial charge in [-0.1, -0.05) is 51.1 Å². The van der Waals surface area contributed by atoms with Gasteiger partial charge in [0, 0.05) is 11.8 Å². The lowest BCUT2D eigenvalue weighted by molar-refractivity contribution is -0.139. The highest BCUT2D eigenvalue weighted by molar-refractivity contribution is 6.74.